The van der Waals surface area contributed by atoms with Gasteiger partial charge in [0.25, 0.3) is 0 Å². The zero-order valence-corrected chi connectivity index (χ0v) is 8.53. The van der Waals surface area contributed by atoms with Gasteiger partial charge in [0.1, 0.15) is 6.23 Å². The highest BCUT2D eigenvalue weighted by Gasteiger charge is 2.09. The second kappa shape index (κ2) is 3.88. The van der Waals surface area contributed by atoms with Crippen molar-refractivity contribution in [2.75, 3.05) is 14.2 Å². The summed E-state index contributed by atoms with van der Waals surface area (Å²) in [7, 11) is 3.42. The van der Waals surface area contributed by atoms with E-state index < -0.39 is 5.76 Å². The Morgan fingerprint density at radius 2 is 2.33 bits per heavy atom. The first kappa shape index (κ1) is 9.95. The molecule has 0 spiro atoms. The fourth-order valence-corrected chi connectivity index (χ4v) is 1.55. The quantitative estimate of drug-likeness (QED) is 0.738. The van der Waals surface area contributed by atoms with Gasteiger partial charge in [0, 0.05) is 7.11 Å². The van der Waals surface area contributed by atoms with Crippen LogP contribution < -0.4 is 11.1 Å². The van der Waals surface area contributed by atoms with Gasteiger partial charge in [-0.05, 0) is 24.7 Å². The lowest BCUT2D eigenvalue weighted by Gasteiger charge is -2.13. The smallest absolute Gasteiger partial charge is 0.408 e. The number of H-pyrrole nitrogens is 1. The molecular weight excluding hydrogens is 196 g/mol. The molecule has 5 heteroatoms. The van der Waals surface area contributed by atoms with Gasteiger partial charge in [0.15, 0.2) is 5.58 Å². The lowest BCUT2D eigenvalue weighted by molar-refractivity contribution is 0.0810. The van der Waals surface area contributed by atoms with Crippen LogP contribution in [0.4, 0.5) is 0 Å². The van der Waals surface area contributed by atoms with E-state index in [0.717, 1.165) is 5.56 Å². The van der Waals surface area contributed by atoms with E-state index in [1.54, 1.807) is 20.2 Å². The van der Waals surface area contributed by atoms with Crippen molar-refractivity contribution in [3.8, 4) is 0 Å². The van der Waals surface area contributed by atoms with Gasteiger partial charge in [-0.3, -0.25) is 10.3 Å². The number of methoxy groups -OCH3 is 1. The van der Waals surface area contributed by atoms with Crippen molar-refractivity contribution < 1.29 is 9.15 Å². The number of hydrogen-bond donors (Lipinski definition) is 2. The molecule has 0 fully saturated rings. The second-order valence-electron chi connectivity index (χ2n) is 3.17. The summed E-state index contributed by atoms with van der Waals surface area (Å²) in [6.07, 6.45) is -0.187. The van der Waals surface area contributed by atoms with E-state index >= 15 is 0 Å². The lowest BCUT2D eigenvalue weighted by atomic mass is 10.2. The van der Waals surface area contributed by atoms with E-state index in [0.29, 0.717) is 11.1 Å². The summed E-state index contributed by atoms with van der Waals surface area (Å²) in [6, 6.07) is 5.42. The fourth-order valence-electron chi connectivity index (χ4n) is 1.55. The molecule has 0 radical (unpaired) electrons. The number of hydrogen-bond acceptors (Lipinski definition) is 4. The molecule has 1 unspecified atom stereocenters. The van der Waals surface area contributed by atoms with Crippen LogP contribution in [-0.4, -0.2) is 19.1 Å². The van der Waals surface area contributed by atoms with E-state index in [1.165, 1.54) is 0 Å². The van der Waals surface area contributed by atoms with Gasteiger partial charge in [0.05, 0.1) is 5.52 Å². The molecule has 15 heavy (non-hydrogen) atoms. The van der Waals surface area contributed by atoms with Gasteiger partial charge in [-0.2, -0.15) is 0 Å². The minimum Gasteiger partial charge on any atom is -0.408 e. The molecule has 2 rings (SSSR count). The van der Waals surface area contributed by atoms with Gasteiger partial charge in [-0.15, -0.1) is 0 Å². The molecule has 80 valence electrons. The molecule has 1 heterocycles. The van der Waals surface area contributed by atoms with Crippen LogP contribution in [0.25, 0.3) is 11.1 Å². The van der Waals surface area contributed by atoms with Crippen LogP contribution in [-0.2, 0) is 4.74 Å². The highest BCUT2D eigenvalue weighted by atomic mass is 16.5. The molecule has 0 aliphatic carbocycles. The molecule has 0 bridgehead atoms. The van der Waals surface area contributed by atoms with E-state index in [2.05, 4.69) is 10.3 Å². The SMILES string of the molecule is CNC(OC)c1ccc2oc(=O)[nH]c2c1. The van der Waals surface area contributed by atoms with Crippen molar-refractivity contribution in [1.82, 2.24) is 10.3 Å². The van der Waals surface area contributed by atoms with Crippen molar-refractivity contribution >= 4 is 11.1 Å². The molecule has 0 saturated carbocycles. The first-order valence-corrected chi connectivity index (χ1v) is 4.57. The largest absolute Gasteiger partial charge is 0.417 e. The van der Waals surface area contributed by atoms with E-state index in [9.17, 15) is 4.79 Å². The lowest BCUT2D eigenvalue weighted by Crippen LogP contribution is -2.17. The Labute approximate surface area is 86.0 Å². The molecular formula is C10H12N2O3. The summed E-state index contributed by atoms with van der Waals surface area (Å²) in [6.45, 7) is 0. The number of aromatic nitrogens is 1. The monoisotopic (exact) mass is 208 g/mol. The Kier molecular flexibility index (Phi) is 2.57. The van der Waals surface area contributed by atoms with Gasteiger partial charge < -0.3 is 9.15 Å². The number of benzene rings is 1. The molecule has 1 atom stereocenters. The summed E-state index contributed by atoms with van der Waals surface area (Å²) >= 11 is 0. The number of nitrogens with one attached hydrogen (secondary N) is 2. The number of ether oxygens (including phenoxy) is 1. The number of aromatic amines is 1. The van der Waals surface area contributed by atoms with Crippen LogP contribution in [0, 0.1) is 0 Å². The minimum absolute atomic E-state index is 0.187. The first-order chi connectivity index (χ1) is 7.24. The highest BCUT2D eigenvalue weighted by Crippen LogP contribution is 2.18. The van der Waals surface area contributed by atoms with Gasteiger partial charge in [-0.25, -0.2) is 4.79 Å². The van der Waals surface area contributed by atoms with Gasteiger partial charge in [-0.1, -0.05) is 6.07 Å². The standard InChI is InChI=1S/C10H12N2O3/c1-11-9(14-2)6-3-4-8-7(5-6)12-10(13)15-8/h3-5,9,11H,1-2H3,(H,12,13). The molecule has 0 saturated heterocycles. The predicted octanol–water partition coefficient (Wildman–Crippen LogP) is 0.985. The zero-order valence-electron chi connectivity index (χ0n) is 8.53. The maximum atomic E-state index is 10.9. The third-order valence-corrected chi connectivity index (χ3v) is 2.24. The molecule has 0 aliphatic rings. The van der Waals surface area contributed by atoms with E-state index in [1.807, 2.05) is 12.1 Å². The molecule has 1 aromatic carbocycles. The summed E-state index contributed by atoms with van der Waals surface area (Å²) in [5, 5.41) is 2.99. The average molecular weight is 208 g/mol. The maximum absolute atomic E-state index is 10.9. The summed E-state index contributed by atoms with van der Waals surface area (Å²) in [4.78, 5) is 13.5. The Hall–Kier alpha value is -1.59. The number of rotatable bonds is 3. The summed E-state index contributed by atoms with van der Waals surface area (Å²) in [5.41, 5.74) is 2.16. The van der Waals surface area contributed by atoms with Crippen LogP contribution in [0.2, 0.25) is 0 Å². The molecule has 2 aromatic rings. The van der Waals surface area contributed by atoms with Gasteiger partial charge >= 0.3 is 5.76 Å². The molecule has 0 aliphatic heterocycles. The second-order valence-corrected chi connectivity index (χ2v) is 3.17. The van der Waals surface area contributed by atoms with Crippen LogP contribution in [0.1, 0.15) is 11.8 Å². The van der Waals surface area contributed by atoms with Crippen molar-refractivity contribution in [3.63, 3.8) is 0 Å². The van der Waals surface area contributed by atoms with Crippen LogP contribution >= 0.6 is 0 Å². The Bertz CT molecular complexity index is 511. The van der Waals surface area contributed by atoms with Crippen molar-refractivity contribution in [2.45, 2.75) is 6.23 Å². The van der Waals surface area contributed by atoms with Crippen LogP contribution in [0.15, 0.2) is 27.4 Å². The predicted molar refractivity (Wildman–Crippen MR) is 55.6 cm³/mol. The van der Waals surface area contributed by atoms with Crippen molar-refractivity contribution in [1.29, 1.82) is 0 Å². The summed E-state index contributed by atoms with van der Waals surface area (Å²) in [5.74, 6) is -0.444. The first-order valence-electron chi connectivity index (χ1n) is 4.57. The van der Waals surface area contributed by atoms with Gasteiger partial charge in [0.2, 0.25) is 0 Å². The highest BCUT2D eigenvalue weighted by molar-refractivity contribution is 5.72. The third-order valence-electron chi connectivity index (χ3n) is 2.24. The number of fused-ring (bicyclic) bond motifs is 1. The summed E-state index contributed by atoms with van der Waals surface area (Å²) < 4.78 is 10.1. The van der Waals surface area contributed by atoms with E-state index in [-0.39, 0.29) is 6.23 Å². The van der Waals surface area contributed by atoms with E-state index in [4.69, 9.17) is 9.15 Å². The van der Waals surface area contributed by atoms with Crippen molar-refractivity contribution in [2.24, 2.45) is 0 Å². The van der Waals surface area contributed by atoms with Crippen molar-refractivity contribution in [3.05, 3.63) is 34.3 Å². The topological polar surface area (TPSA) is 67.3 Å². The molecule has 1 aromatic heterocycles. The normalized spacial score (nSPS) is 13.2. The molecule has 0 amide bonds. The zero-order chi connectivity index (χ0) is 10.8. The third kappa shape index (κ3) is 1.79. The molecule has 2 N–H and O–H groups in total. The van der Waals surface area contributed by atoms with Crippen LogP contribution in [0.5, 0.6) is 0 Å². The fraction of sp³-hybridized carbons (Fsp3) is 0.300. The number of oxazole rings is 1. The Morgan fingerprint density at radius 3 is 3.00 bits per heavy atom. The Morgan fingerprint density at radius 1 is 1.53 bits per heavy atom. The average Bonchev–Trinajstić information content (AvgIpc) is 2.59. The van der Waals surface area contributed by atoms with Crippen LogP contribution in [0.3, 0.4) is 0 Å². The maximum Gasteiger partial charge on any atom is 0.417 e. The minimum atomic E-state index is -0.444. The molecule has 5 nitrogen and oxygen atoms in total. The Balaban J connectivity index is 2.49.